The number of hydrogen-bond donors (Lipinski definition) is 1. The van der Waals surface area contributed by atoms with Gasteiger partial charge in [0.25, 0.3) is 0 Å². The summed E-state index contributed by atoms with van der Waals surface area (Å²) in [5.41, 5.74) is 5.44. The molecule has 0 amide bonds. The van der Waals surface area contributed by atoms with Crippen LogP contribution in [0.25, 0.3) is 0 Å². The van der Waals surface area contributed by atoms with Crippen LogP contribution in [-0.2, 0) is 5.54 Å². The lowest BCUT2D eigenvalue weighted by molar-refractivity contribution is 0.494. The Labute approximate surface area is 80.5 Å². The minimum absolute atomic E-state index is 0.242. The largest absolute Gasteiger partial charge is 0.322 e. The van der Waals surface area contributed by atoms with E-state index in [1.165, 1.54) is 6.07 Å². The molecule has 0 heterocycles. The van der Waals surface area contributed by atoms with Crippen LogP contribution in [-0.4, -0.2) is 0 Å². The van der Waals surface area contributed by atoms with Crippen LogP contribution in [0.5, 0.6) is 0 Å². The Morgan fingerprint density at radius 2 is 1.85 bits per heavy atom. The van der Waals surface area contributed by atoms with Crippen LogP contribution in [0.4, 0.5) is 8.78 Å². The van der Waals surface area contributed by atoms with E-state index in [0.29, 0.717) is 5.56 Å². The Kier molecular flexibility index (Phi) is 2.59. The van der Waals surface area contributed by atoms with Crippen LogP contribution >= 0.6 is 11.6 Å². The molecule has 1 nitrogen and oxygen atoms in total. The first-order chi connectivity index (χ1) is 5.82. The average Bonchev–Trinajstić information content (AvgIpc) is 1.97. The maximum atomic E-state index is 12.9. The highest BCUT2D eigenvalue weighted by Crippen LogP contribution is 2.25. The summed E-state index contributed by atoms with van der Waals surface area (Å²) in [6, 6.07) is 2.39. The smallest absolute Gasteiger partial charge is 0.177 e. The van der Waals surface area contributed by atoms with Gasteiger partial charge in [-0.2, -0.15) is 0 Å². The van der Waals surface area contributed by atoms with Gasteiger partial charge in [0.05, 0.1) is 5.02 Å². The molecule has 0 spiro atoms. The van der Waals surface area contributed by atoms with Crippen LogP contribution in [0.1, 0.15) is 19.4 Å². The minimum Gasteiger partial charge on any atom is -0.322 e. The summed E-state index contributed by atoms with van der Waals surface area (Å²) in [5, 5.41) is -0.242. The highest BCUT2D eigenvalue weighted by Gasteiger charge is 2.18. The van der Waals surface area contributed by atoms with Crippen molar-refractivity contribution in [1.82, 2.24) is 0 Å². The van der Waals surface area contributed by atoms with Gasteiger partial charge >= 0.3 is 0 Å². The van der Waals surface area contributed by atoms with E-state index < -0.39 is 17.2 Å². The van der Waals surface area contributed by atoms with Gasteiger partial charge in [0, 0.05) is 5.54 Å². The molecule has 2 N–H and O–H groups in total. The van der Waals surface area contributed by atoms with Crippen molar-refractivity contribution in [2.75, 3.05) is 0 Å². The van der Waals surface area contributed by atoms with Crippen molar-refractivity contribution >= 4 is 11.6 Å². The van der Waals surface area contributed by atoms with E-state index in [0.717, 1.165) is 6.07 Å². The van der Waals surface area contributed by atoms with E-state index in [4.69, 9.17) is 17.3 Å². The molecule has 0 radical (unpaired) electrons. The fourth-order valence-electron chi connectivity index (χ4n) is 0.928. The summed E-state index contributed by atoms with van der Waals surface area (Å²) < 4.78 is 25.6. The normalized spacial score (nSPS) is 11.8. The average molecular weight is 206 g/mol. The molecule has 0 aliphatic carbocycles. The maximum Gasteiger partial charge on any atom is 0.177 e. The van der Waals surface area contributed by atoms with Crippen molar-refractivity contribution in [3.8, 4) is 0 Å². The summed E-state index contributed by atoms with van der Waals surface area (Å²) in [6.45, 7) is 3.38. The van der Waals surface area contributed by atoms with Crippen molar-refractivity contribution in [3.63, 3.8) is 0 Å². The summed E-state index contributed by atoms with van der Waals surface area (Å²) in [7, 11) is 0. The zero-order valence-corrected chi connectivity index (χ0v) is 8.12. The van der Waals surface area contributed by atoms with Gasteiger partial charge in [0.15, 0.2) is 11.6 Å². The van der Waals surface area contributed by atoms with Gasteiger partial charge in [-0.25, -0.2) is 8.78 Å². The zero-order chi connectivity index (χ0) is 10.2. The first-order valence-electron chi connectivity index (χ1n) is 3.76. The Morgan fingerprint density at radius 3 is 2.23 bits per heavy atom. The van der Waals surface area contributed by atoms with Crippen molar-refractivity contribution in [2.45, 2.75) is 19.4 Å². The Bertz CT molecular complexity index is 308. The van der Waals surface area contributed by atoms with Gasteiger partial charge in [-0.1, -0.05) is 11.6 Å². The molecule has 0 aliphatic heterocycles. The molecule has 72 valence electrons. The van der Waals surface area contributed by atoms with Gasteiger partial charge in [-0.05, 0) is 31.5 Å². The van der Waals surface area contributed by atoms with Gasteiger partial charge in [-0.3, -0.25) is 0 Å². The van der Waals surface area contributed by atoms with Crippen molar-refractivity contribution in [3.05, 3.63) is 34.4 Å². The third kappa shape index (κ3) is 2.17. The fourth-order valence-corrected chi connectivity index (χ4v) is 1.14. The molecular formula is C9H10ClF2N. The highest BCUT2D eigenvalue weighted by atomic mass is 35.5. The Morgan fingerprint density at radius 1 is 1.31 bits per heavy atom. The van der Waals surface area contributed by atoms with E-state index in [1.807, 2.05) is 0 Å². The van der Waals surface area contributed by atoms with E-state index in [1.54, 1.807) is 13.8 Å². The molecule has 0 saturated carbocycles. The molecule has 0 saturated heterocycles. The third-order valence-electron chi connectivity index (χ3n) is 1.73. The molecule has 0 fully saturated rings. The second-order valence-electron chi connectivity index (χ2n) is 3.48. The number of rotatable bonds is 1. The molecule has 0 unspecified atom stereocenters. The van der Waals surface area contributed by atoms with Crippen LogP contribution in [0.2, 0.25) is 5.02 Å². The van der Waals surface area contributed by atoms with Crippen LogP contribution in [0.3, 0.4) is 0 Å². The van der Waals surface area contributed by atoms with Crippen LogP contribution in [0.15, 0.2) is 12.1 Å². The molecule has 0 atom stereocenters. The molecule has 1 aromatic carbocycles. The van der Waals surface area contributed by atoms with E-state index in [-0.39, 0.29) is 5.02 Å². The van der Waals surface area contributed by atoms with Crippen molar-refractivity contribution < 1.29 is 8.78 Å². The lowest BCUT2D eigenvalue weighted by Gasteiger charge is -2.19. The predicted octanol–water partition coefficient (Wildman–Crippen LogP) is 2.81. The monoisotopic (exact) mass is 205 g/mol. The first kappa shape index (κ1) is 10.4. The fraction of sp³-hybridized carbons (Fsp3) is 0.333. The lowest BCUT2D eigenvalue weighted by atomic mass is 9.96. The van der Waals surface area contributed by atoms with Gasteiger partial charge in [0.1, 0.15) is 0 Å². The standard InChI is InChI=1S/C9H10ClF2N/c1-9(2,13)5-3-6(10)8(12)7(11)4-5/h3-4H,13H2,1-2H3. The molecule has 0 aliphatic rings. The SMILES string of the molecule is CC(C)(N)c1cc(F)c(F)c(Cl)c1. The molecule has 13 heavy (non-hydrogen) atoms. The van der Waals surface area contributed by atoms with Crippen LogP contribution < -0.4 is 5.73 Å². The van der Waals surface area contributed by atoms with Gasteiger partial charge < -0.3 is 5.73 Å². The Hall–Kier alpha value is -0.670. The number of halogens is 3. The lowest BCUT2D eigenvalue weighted by Crippen LogP contribution is -2.28. The van der Waals surface area contributed by atoms with Crippen molar-refractivity contribution in [1.29, 1.82) is 0 Å². The number of benzene rings is 1. The predicted molar refractivity (Wildman–Crippen MR) is 48.6 cm³/mol. The third-order valence-corrected chi connectivity index (χ3v) is 2.00. The van der Waals surface area contributed by atoms with Gasteiger partial charge in [0.2, 0.25) is 0 Å². The summed E-state index contributed by atoms with van der Waals surface area (Å²) >= 11 is 5.45. The first-order valence-corrected chi connectivity index (χ1v) is 4.14. The topological polar surface area (TPSA) is 26.0 Å². The molecule has 4 heteroatoms. The quantitative estimate of drug-likeness (QED) is 0.701. The summed E-state index contributed by atoms with van der Waals surface area (Å²) in [6.07, 6.45) is 0. The number of nitrogens with two attached hydrogens (primary N) is 1. The minimum atomic E-state index is -1.03. The van der Waals surface area contributed by atoms with E-state index in [2.05, 4.69) is 0 Å². The Balaban J connectivity index is 3.29. The van der Waals surface area contributed by atoms with Gasteiger partial charge in [-0.15, -0.1) is 0 Å². The molecule has 1 aromatic rings. The molecule has 0 bridgehead atoms. The van der Waals surface area contributed by atoms with Crippen LogP contribution in [0, 0.1) is 11.6 Å². The van der Waals surface area contributed by atoms with E-state index in [9.17, 15) is 8.78 Å². The molecule has 1 rings (SSSR count). The highest BCUT2D eigenvalue weighted by molar-refractivity contribution is 6.30. The molecule has 0 aromatic heterocycles. The summed E-state index contributed by atoms with van der Waals surface area (Å²) in [5.74, 6) is -2.00. The number of hydrogen-bond acceptors (Lipinski definition) is 1. The zero-order valence-electron chi connectivity index (χ0n) is 7.37. The summed E-state index contributed by atoms with van der Waals surface area (Å²) in [4.78, 5) is 0. The second-order valence-corrected chi connectivity index (χ2v) is 3.88. The second kappa shape index (κ2) is 3.24. The van der Waals surface area contributed by atoms with E-state index >= 15 is 0 Å². The van der Waals surface area contributed by atoms with Crippen molar-refractivity contribution in [2.24, 2.45) is 5.73 Å². The maximum absolute atomic E-state index is 12.9. The molecular weight excluding hydrogens is 196 g/mol.